The molecule has 0 heterocycles. The van der Waals surface area contributed by atoms with Gasteiger partial charge in [-0.25, -0.2) is 0 Å². The number of hydrogen-bond donors (Lipinski definition) is 1. The lowest BCUT2D eigenvalue weighted by atomic mass is 10.2. The van der Waals surface area contributed by atoms with Crippen LogP contribution in [0.5, 0.6) is 0 Å². The van der Waals surface area contributed by atoms with Crippen LogP contribution in [0.4, 0.5) is 0 Å². The summed E-state index contributed by atoms with van der Waals surface area (Å²) in [5, 5.41) is 4.20. The smallest absolute Gasteiger partial charge is 0.170 e. The SMILES string of the molecule is CO/N=C(\N)c1cccc(Cl)c1. The van der Waals surface area contributed by atoms with Crippen molar-refractivity contribution in [3.8, 4) is 0 Å². The third-order valence-corrected chi connectivity index (χ3v) is 1.55. The van der Waals surface area contributed by atoms with E-state index < -0.39 is 0 Å². The molecular formula is C8H9ClN2O. The van der Waals surface area contributed by atoms with Crippen LogP contribution in [-0.2, 0) is 4.84 Å². The number of hydrogen-bond acceptors (Lipinski definition) is 2. The summed E-state index contributed by atoms with van der Waals surface area (Å²) in [6.45, 7) is 0. The van der Waals surface area contributed by atoms with Gasteiger partial charge in [-0.1, -0.05) is 28.9 Å². The van der Waals surface area contributed by atoms with Crippen LogP contribution in [0.2, 0.25) is 5.02 Å². The summed E-state index contributed by atoms with van der Waals surface area (Å²) in [4.78, 5) is 4.52. The summed E-state index contributed by atoms with van der Waals surface area (Å²) in [6.07, 6.45) is 0. The summed E-state index contributed by atoms with van der Waals surface area (Å²) in [7, 11) is 1.44. The molecule has 0 unspecified atom stereocenters. The van der Waals surface area contributed by atoms with E-state index in [1.54, 1.807) is 18.2 Å². The summed E-state index contributed by atoms with van der Waals surface area (Å²) < 4.78 is 0. The van der Waals surface area contributed by atoms with E-state index in [-0.39, 0.29) is 0 Å². The molecule has 0 atom stereocenters. The molecule has 0 aromatic heterocycles. The summed E-state index contributed by atoms with van der Waals surface area (Å²) in [5.74, 6) is 0.319. The molecule has 1 aromatic rings. The molecule has 0 saturated heterocycles. The largest absolute Gasteiger partial charge is 0.397 e. The normalized spacial score (nSPS) is 11.3. The van der Waals surface area contributed by atoms with Crippen molar-refractivity contribution in [1.82, 2.24) is 0 Å². The van der Waals surface area contributed by atoms with Crippen molar-refractivity contribution in [3.63, 3.8) is 0 Å². The lowest BCUT2D eigenvalue weighted by molar-refractivity contribution is 0.213. The molecule has 4 heteroatoms. The van der Waals surface area contributed by atoms with E-state index in [1.165, 1.54) is 7.11 Å². The molecule has 2 N–H and O–H groups in total. The maximum atomic E-state index is 5.74. The molecule has 1 rings (SSSR count). The van der Waals surface area contributed by atoms with Crippen LogP contribution in [-0.4, -0.2) is 12.9 Å². The standard InChI is InChI=1S/C8H9ClN2O/c1-12-11-8(10)6-3-2-4-7(9)5-6/h2-5H,1H3,(H2,10,11). The van der Waals surface area contributed by atoms with Crippen molar-refractivity contribution in [1.29, 1.82) is 0 Å². The second kappa shape index (κ2) is 3.97. The van der Waals surface area contributed by atoms with Crippen LogP contribution in [0.1, 0.15) is 5.56 Å². The van der Waals surface area contributed by atoms with E-state index in [4.69, 9.17) is 17.3 Å². The quantitative estimate of drug-likeness (QED) is 0.431. The zero-order valence-corrected chi connectivity index (χ0v) is 7.38. The van der Waals surface area contributed by atoms with Crippen molar-refractivity contribution in [2.75, 3.05) is 7.11 Å². The van der Waals surface area contributed by atoms with Crippen LogP contribution in [0.15, 0.2) is 29.4 Å². The van der Waals surface area contributed by atoms with E-state index in [2.05, 4.69) is 9.99 Å². The molecule has 0 aliphatic rings. The predicted molar refractivity (Wildman–Crippen MR) is 49.2 cm³/mol. The summed E-state index contributed by atoms with van der Waals surface area (Å²) in [6, 6.07) is 7.10. The average molecular weight is 185 g/mol. The molecule has 12 heavy (non-hydrogen) atoms. The minimum atomic E-state index is 0.319. The van der Waals surface area contributed by atoms with Gasteiger partial charge in [0.15, 0.2) is 5.84 Å². The van der Waals surface area contributed by atoms with Gasteiger partial charge >= 0.3 is 0 Å². The van der Waals surface area contributed by atoms with Crippen LogP contribution >= 0.6 is 11.6 Å². The zero-order chi connectivity index (χ0) is 8.97. The molecule has 0 amide bonds. The highest BCUT2D eigenvalue weighted by Crippen LogP contribution is 2.10. The summed E-state index contributed by atoms with van der Waals surface area (Å²) in [5.41, 5.74) is 6.29. The second-order valence-corrected chi connectivity index (χ2v) is 2.61. The Morgan fingerprint density at radius 3 is 2.92 bits per heavy atom. The Labute approximate surface area is 75.8 Å². The number of nitrogens with zero attached hydrogens (tertiary/aromatic N) is 1. The fraction of sp³-hybridized carbons (Fsp3) is 0.125. The Bertz CT molecular complexity index is 299. The van der Waals surface area contributed by atoms with Crippen molar-refractivity contribution < 1.29 is 4.84 Å². The number of amidine groups is 1. The Morgan fingerprint density at radius 2 is 2.33 bits per heavy atom. The van der Waals surface area contributed by atoms with Crippen molar-refractivity contribution in [2.45, 2.75) is 0 Å². The van der Waals surface area contributed by atoms with Gasteiger partial charge in [0.2, 0.25) is 0 Å². The molecule has 1 aromatic carbocycles. The van der Waals surface area contributed by atoms with E-state index in [0.29, 0.717) is 10.9 Å². The fourth-order valence-electron chi connectivity index (χ4n) is 0.799. The highest BCUT2D eigenvalue weighted by Gasteiger charge is 1.98. The Morgan fingerprint density at radius 1 is 1.58 bits per heavy atom. The Hall–Kier alpha value is -1.22. The van der Waals surface area contributed by atoms with Crippen molar-refractivity contribution >= 4 is 17.4 Å². The lowest BCUT2D eigenvalue weighted by Crippen LogP contribution is -2.13. The van der Waals surface area contributed by atoms with Crippen LogP contribution in [0.3, 0.4) is 0 Å². The maximum Gasteiger partial charge on any atom is 0.170 e. The van der Waals surface area contributed by atoms with E-state index >= 15 is 0 Å². The molecule has 0 aliphatic carbocycles. The van der Waals surface area contributed by atoms with Crippen LogP contribution in [0.25, 0.3) is 0 Å². The van der Waals surface area contributed by atoms with E-state index in [0.717, 1.165) is 5.56 Å². The molecule has 0 spiro atoms. The molecule has 64 valence electrons. The predicted octanol–water partition coefficient (Wildman–Crippen LogP) is 1.61. The topological polar surface area (TPSA) is 47.6 Å². The maximum absolute atomic E-state index is 5.74. The average Bonchev–Trinajstić information content (AvgIpc) is 2.05. The minimum absolute atomic E-state index is 0.319. The number of benzene rings is 1. The zero-order valence-electron chi connectivity index (χ0n) is 6.62. The van der Waals surface area contributed by atoms with Gasteiger partial charge in [0.05, 0.1) is 0 Å². The summed E-state index contributed by atoms with van der Waals surface area (Å²) >= 11 is 5.74. The number of rotatable bonds is 2. The second-order valence-electron chi connectivity index (χ2n) is 2.17. The van der Waals surface area contributed by atoms with Crippen molar-refractivity contribution in [2.24, 2.45) is 10.9 Å². The van der Waals surface area contributed by atoms with Gasteiger partial charge in [-0.3, -0.25) is 0 Å². The Kier molecular flexibility index (Phi) is 2.94. The van der Waals surface area contributed by atoms with Gasteiger partial charge in [0.25, 0.3) is 0 Å². The first kappa shape index (κ1) is 8.87. The first-order valence-corrected chi connectivity index (χ1v) is 3.74. The van der Waals surface area contributed by atoms with Gasteiger partial charge in [-0.15, -0.1) is 0 Å². The molecule has 0 radical (unpaired) electrons. The number of halogens is 1. The molecule has 0 saturated carbocycles. The third-order valence-electron chi connectivity index (χ3n) is 1.31. The first-order chi connectivity index (χ1) is 5.74. The van der Waals surface area contributed by atoms with Crippen molar-refractivity contribution in [3.05, 3.63) is 34.9 Å². The monoisotopic (exact) mass is 184 g/mol. The molecule has 0 fully saturated rings. The van der Waals surface area contributed by atoms with Gasteiger partial charge in [-0.05, 0) is 12.1 Å². The number of oxime groups is 1. The molecular weight excluding hydrogens is 176 g/mol. The third kappa shape index (κ3) is 2.13. The first-order valence-electron chi connectivity index (χ1n) is 3.36. The Balaban J connectivity index is 2.95. The van der Waals surface area contributed by atoms with Gasteiger partial charge < -0.3 is 10.6 Å². The lowest BCUT2D eigenvalue weighted by Gasteiger charge is -1.98. The highest BCUT2D eigenvalue weighted by atomic mass is 35.5. The van der Waals surface area contributed by atoms with Gasteiger partial charge in [0.1, 0.15) is 7.11 Å². The van der Waals surface area contributed by atoms with E-state index in [1.807, 2.05) is 6.07 Å². The molecule has 0 aliphatic heterocycles. The van der Waals surface area contributed by atoms with Gasteiger partial charge in [-0.2, -0.15) is 0 Å². The van der Waals surface area contributed by atoms with Gasteiger partial charge in [0, 0.05) is 10.6 Å². The van der Waals surface area contributed by atoms with Crippen LogP contribution in [0, 0.1) is 0 Å². The molecule has 3 nitrogen and oxygen atoms in total. The molecule has 0 bridgehead atoms. The van der Waals surface area contributed by atoms with E-state index in [9.17, 15) is 0 Å². The highest BCUT2D eigenvalue weighted by molar-refractivity contribution is 6.31. The van der Waals surface area contributed by atoms with Crippen LogP contribution < -0.4 is 5.73 Å². The number of nitrogens with two attached hydrogens (primary N) is 1. The minimum Gasteiger partial charge on any atom is -0.397 e. The fourth-order valence-corrected chi connectivity index (χ4v) is 0.989.